The number of benzene rings is 2. The molecule has 0 fully saturated rings. The van der Waals surface area contributed by atoms with Crippen molar-refractivity contribution in [1.82, 2.24) is 20.4 Å². The van der Waals surface area contributed by atoms with E-state index in [1.807, 2.05) is 36.4 Å². The van der Waals surface area contributed by atoms with Crippen molar-refractivity contribution < 1.29 is 29.0 Å². The second-order valence-electron chi connectivity index (χ2n) is 8.02. The van der Waals surface area contributed by atoms with Gasteiger partial charge in [-0.1, -0.05) is 48.5 Å². The zero-order chi connectivity index (χ0) is 24.8. The van der Waals surface area contributed by atoms with Gasteiger partial charge in [-0.25, -0.2) is 9.59 Å². The highest BCUT2D eigenvalue weighted by Gasteiger charge is 2.29. The van der Waals surface area contributed by atoms with E-state index in [2.05, 4.69) is 27.9 Å². The van der Waals surface area contributed by atoms with Crippen LogP contribution in [-0.4, -0.2) is 59.2 Å². The molecule has 2 amide bonds. The van der Waals surface area contributed by atoms with E-state index in [9.17, 15) is 19.5 Å². The number of aliphatic carboxylic acids is 1. The molecule has 35 heavy (non-hydrogen) atoms. The predicted octanol–water partition coefficient (Wildman–Crippen LogP) is 2.22. The number of fused-ring (bicyclic) bond motifs is 3. The van der Waals surface area contributed by atoms with Crippen LogP contribution in [0.5, 0.6) is 0 Å². The van der Waals surface area contributed by atoms with Gasteiger partial charge >= 0.3 is 12.1 Å². The average Bonchev–Trinajstić information content (AvgIpc) is 3.41. The third-order valence-electron chi connectivity index (χ3n) is 5.80. The third kappa shape index (κ3) is 5.49. The molecule has 0 spiro atoms. The Labute approximate surface area is 201 Å². The number of carboxylic acid groups (broad SMARTS) is 1. The first-order valence-corrected chi connectivity index (χ1v) is 11.1. The van der Waals surface area contributed by atoms with Crippen LogP contribution < -0.4 is 10.6 Å². The number of hydrogen-bond acceptors (Lipinski definition) is 6. The fourth-order valence-electron chi connectivity index (χ4n) is 4.17. The second-order valence-corrected chi connectivity index (χ2v) is 8.02. The molecule has 0 saturated carbocycles. The van der Waals surface area contributed by atoms with Gasteiger partial charge in [0.1, 0.15) is 13.2 Å². The fraction of sp³-hybridized carbons (Fsp3) is 0.280. The molecule has 0 radical (unpaired) electrons. The molecule has 182 valence electrons. The van der Waals surface area contributed by atoms with E-state index in [4.69, 9.17) is 9.47 Å². The maximum Gasteiger partial charge on any atom is 0.407 e. The SMILES string of the molecule is Cn1nccc1C(NC(=O)COCCNC(=O)OCC1c2ccccc2-c2ccccc21)C(=O)O. The number of hydrogen-bond donors (Lipinski definition) is 3. The number of aryl methyl sites for hydroxylation is 1. The summed E-state index contributed by atoms with van der Waals surface area (Å²) in [6, 6.07) is 16.4. The van der Waals surface area contributed by atoms with Crippen molar-refractivity contribution in [3.63, 3.8) is 0 Å². The van der Waals surface area contributed by atoms with E-state index in [-0.39, 0.29) is 32.3 Å². The lowest BCUT2D eigenvalue weighted by Gasteiger charge is -2.15. The molecule has 1 heterocycles. The van der Waals surface area contributed by atoms with Crippen molar-refractivity contribution in [1.29, 1.82) is 0 Å². The zero-order valence-corrected chi connectivity index (χ0v) is 19.1. The second kappa shape index (κ2) is 10.8. The lowest BCUT2D eigenvalue weighted by atomic mass is 9.98. The summed E-state index contributed by atoms with van der Waals surface area (Å²) in [7, 11) is 1.59. The molecule has 1 atom stereocenters. The summed E-state index contributed by atoms with van der Waals surface area (Å²) in [6.07, 6.45) is 0.866. The van der Waals surface area contributed by atoms with Crippen molar-refractivity contribution in [2.45, 2.75) is 12.0 Å². The number of carbonyl (C=O) groups is 3. The molecule has 10 heteroatoms. The molecule has 4 rings (SSSR count). The van der Waals surface area contributed by atoms with Crippen molar-refractivity contribution in [3.8, 4) is 11.1 Å². The summed E-state index contributed by atoms with van der Waals surface area (Å²) in [5.74, 6) is -1.84. The lowest BCUT2D eigenvalue weighted by Crippen LogP contribution is -2.37. The third-order valence-corrected chi connectivity index (χ3v) is 5.80. The average molecular weight is 479 g/mol. The Hall–Kier alpha value is -4.18. The molecule has 10 nitrogen and oxygen atoms in total. The number of rotatable bonds is 10. The zero-order valence-electron chi connectivity index (χ0n) is 19.1. The van der Waals surface area contributed by atoms with E-state index in [0.29, 0.717) is 5.69 Å². The highest BCUT2D eigenvalue weighted by atomic mass is 16.5. The molecule has 1 aliphatic carbocycles. The number of aromatic nitrogens is 2. The van der Waals surface area contributed by atoms with Gasteiger partial charge in [0.15, 0.2) is 6.04 Å². The van der Waals surface area contributed by atoms with Crippen LogP contribution in [0.25, 0.3) is 11.1 Å². The van der Waals surface area contributed by atoms with Crippen molar-refractivity contribution in [2.24, 2.45) is 7.05 Å². The van der Waals surface area contributed by atoms with E-state index in [0.717, 1.165) is 22.3 Å². The Morgan fingerprint density at radius 1 is 1.06 bits per heavy atom. The highest BCUT2D eigenvalue weighted by molar-refractivity contribution is 5.85. The van der Waals surface area contributed by atoms with E-state index in [1.165, 1.54) is 16.9 Å². The van der Waals surface area contributed by atoms with Gasteiger partial charge in [0.25, 0.3) is 0 Å². The van der Waals surface area contributed by atoms with Crippen LogP contribution in [0.4, 0.5) is 4.79 Å². The van der Waals surface area contributed by atoms with Crippen LogP contribution in [-0.2, 0) is 26.1 Å². The molecule has 1 unspecified atom stereocenters. The van der Waals surface area contributed by atoms with Gasteiger partial charge in [0, 0.05) is 25.7 Å². The van der Waals surface area contributed by atoms with Gasteiger partial charge in [0.2, 0.25) is 5.91 Å². The summed E-state index contributed by atoms with van der Waals surface area (Å²) in [5.41, 5.74) is 4.89. The number of alkyl carbamates (subject to hydrolysis) is 1. The summed E-state index contributed by atoms with van der Waals surface area (Å²) < 4.78 is 12.1. The molecule has 1 aliphatic rings. The van der Waals surface area contributed by atoms with Crippen molar-refractivity contribution >= 4 is 18.0 Å². The van der Waals surface area contributed by atoms with Crippen molar-refractivity contribution in [3.05, 3.63) is 77.6 Å². The molecule has 0 aliphatic heterocycles. The van der Waals surface area contributed by atoms with Gasteiger partial charge < -0.3 is 25.2 Å². The normalized spacial score (nSPS) is 12.9. The Morgan fingerprint density at radius 3 is 2.31 bits per heavy atom. The number of carbonyl (C=O) groups excluding carboxylic acids is 2. The van der Waals surface area contributed by atoms with Crippen LogP contribution in [0.2, 0.25) is 0 Å². The molecule has 2 aromatic carbocycles. The number of nitrogens with one attached hydrogen (secondary N) is 2. The standard InChI is InChI=1S/C25H26N4O6/c1-29-21(10-11-27-29)23(24(31)32)28-22(30)15-34-13-12-26-25(33)35-14-20-18-8-4-2-6-16(18)17-7-3-5-9-19(17)20/h2-11,20,23H,12-15H2,1H3,(H,26,33)(H,28,30)(H,31,32). The minimum absolute atomic E-state index is 0.0327. The molecule has 0 saturated heterocycles. The quantitative estimate of drug-likeness (QED) is 0.381. The highest BCUT2D eigenvalue weighted by Crippen LogP contribution is 2.44. The number of ether oxygens (including phenoxy) is 2. The molecule has 3 N–H and O–H groups in total. The maximum atomic E-state index is 12.2. The van der Waals surface area contributed by atoms with E-state index < -0.39 is 24.0 Å². The molecular formula is C25H26N4O6. The fourth-order valence-corrected chi connectivity index (χ4v) is 4.17. The first-order valence-electron chi connectivity index (χ1n) is 11.1. The van der Waals surface area contributed by atoms with Crippen LogP contribution in [0, 0.1) is 0 Å². The first kappa shape index (κ1) is 24.0. The Balaban J connectivity index is 1.18. The summed E-state index contributed by atoms with van der Waals surface area (Å²) in [4.78, 5) is 35.7. The van der Waals surface area contributed by atoms with Gasteiger partial charge in [-0.3, -0.25) is 9.48 Å². The summed E-state index contributed by atoms with van der Waals surface area (Å²) in [5, 5.41) is 18.3. The lowest BCUT2D eigenvalue weighted by molar-refractivity contribution is -0.143. The Bertz CT molecular complexity index is 1180. The Kier molecular flexibility index (Phi) is 7.41. The van der Waals surface area contributed by atoms with Gasteiger partial charge in [-0.05, 0) is 28.3 Å². The van der Waals surface area contributed by atoms with Gasteiger partial charge in [-0.15, -0.1) is 0 Å². The molecule has 3 aromatic rings. The number of amides is 2. The smallest absolute Gasteiger partial charge is 0.407 e. The van der Waals surface area contributed by atoms with E-state index in [1.54, 1.807) is 7.05 Å². The molecular weight excluding hydrogens is 452 g/mol. The minimum atomic E-state index is -1.24. The predicted molar refractivity (Wildman–Crippen MR) is 126 cm³/mol. The van der Waals surface area contributed by atoms with Crippen molar-refractivity contribution in [2.75, 3.05) is 26.4 Å². The van der Waals surface area contributed by atoms with Crippen LogP contribution >= 0.6 is 0 Å². The first-order chi connectivity index (χ1) is 17.0. The summed E-state index contributed by atoms with van der Waals surface area (Å²) in [6.45, 7) is 0.0385. The van der Waals surface area contributed by atoms with Crippen LogP contribution in [0.15, 0.2) is 60.8 Å². The van der Waals surface area contributed by atoms with Gasteiger partial charge in [-0.2, -0.15) is 5.10 Å². The maximum absolute atomic E-state index is 12.2. The van der Waals surface area contributed by atoms with Crippen LogP contribution in [0.1, 0.15) is 28.8 Å². The van der Waals surface area contributed by atoms with Crippen LogP contribution in [0.3, 0.4) is 0 Å². The minimum Gasteiger partial charge on any atom is -0.479 e. The number of carboxylic acids is 1. The molecule has 1 aromatic heterocycles. The monoisotopic (exact) mass is 478 g/mol. The Morgan fingerprint density at radius 2 is 1.71 bits per heavy atom. The largest absolute Gasteiger partial charge is 0.479 e. The topological polar surface area (TPSA) is 132 Å². The summed E-state index contributed by atoms with van der Waals surface area (Å²) >= 11 is 0. The number of nitrogens with zero attached hydrogens (tertiary/aromatic N) is 2. The van der Waals surface area contributed by atoms with Gasteiger partial charge in [0.05, 0.1) is 12.3 Å². The molecule has 0 bridgehead atoms. The van der Waals surface area contributed by atoms with E-state index >= 15 is 0 Å².